The highest BCUT2D eigenvalue weighted by molar-refractivity contribution is 7.09. The number of imide groups is 1. The predicted octanol–water partition coefficient (Wildman–Crippen LogP) is 3.11. The molecule has 0 aliphatic carbocycles. The standard InChI is InChI=1S/C21H26N4O2S/c1-21(2,3)14-23-8-10-24(11-9-23)16-6-4-5-15-18(16)20(27)25(19(15)26)13-17-22-7-12-28-17/h4-7,12H,8-11,13-14H2,1-3H3. The van der Waals surface area contributed by atoms with Crippen molar-refractivity contribution in [2.45, 2.75) is 27.3 Å². The van der Waals surface area contributed by atoms with Crippen LogP contribution in [0.25, 0.3) is 0 Å². The highest BCUT2D eigenvalue weighted by Gasteiger charge is 2.39. The summed E-state index contributed by atoms with van der Waals surface area (Å²) in [5.41, 5.74) is 2.21. The van der Waals surface area contributed by atoms with E-state index >= 15 is 0 Å². The number of carbonyl (C=O) groups is 2. The lowest BCUT2D eigenvalue weighted by atomic mass is 9.95. The van der Waals surface area contributed by atoms with Gasteiger partial charge in [-0.2, -0.15) is 0 Å². The Labute approximate surface area is 169 Å². The van der Waals surface area contributed by atoms with Gasteiger partial charge in [-0.05, 0) is 17.5 Å². The number of benzene rings is 1. The number of fused-ring (bicyclic) bond motifs is 1. The fourth-order valence-electron chi connectivity index (χ4n) is 4.01. The Kier molecular flexibility index (Phi) is 4.97. The minimum atomic E-state index is -0.219. The average Bonchev–Trinajstić information content (AvgIpc) is 3.24. The lowest BCUT2D eigenvalue weighted by Gasteiger charge is -2.39. The molecule has 0 atom stereocenters. The number of thiazole rings is 1. The van der Waals surface area contributed by atoms with Crippen molar-refractivity contribution < 1.29 is 9.59 Å². The number of aromatic nitrogens is 1. The predicted molar refractivity (Wildman–Crippen MR) is 111 cm³/mol. The van der Waals surface area contributed by atoms with Crippen molar-refractivity contribution in [3.63, 3.8) is 0 Å². The zero-order valence-electron chi connectivity index (χ0n) is 16.6. The largest absolute Gasteiger partial charge is 0.368 e. The molecule has 1 aromatic heterocycles. The fourth-order valence-corrected chi connectivity index (χ4v) is 4.61. The third-order valence-corrected chi connectivity index (χ3v) is 5.93. The Morgan fingerprint density at radius 3 is 2.46 bits per heavy atom. The summed E-state index contributed by atoms with van der Waals surface area (Å²) >= 11 is 1.46. The summed E-state index contributed by atoms with van der Waals surface area (Å²) in [6.45, 7) is 11.7. The van der Waals surface area contributed by atoms with Crippen molar-refractivity contribution >= 4 is 28.8 Å². The highest BCUT2D eigenvalue weighted by Crippen LogP contribution is 2.33. The SMILES string of the molecule is CC(C)(C)CN1CCN(c2cccc3c2C(=O)N(Cc2nccs2)C3=O)CC1. The second-order valence-corrected chi connectivity index (χ2v) is 9.62. The smallest absolute Gasteiger partial charge is 0.264 e. The maximum absolute atomic E-state index is 13.1. The molecule has 3 heterocycles. The van der Waals surface area contributed by atoms with Crippen molar-refractivity contribution in [2.24, 2.45) is 5.41 Å². The van der Waals surface area contributed by atoms with Gasteiger partial charge in [0.25, 0.3) is 11.8 Å². The Morgan fingerprint density at radius 2 is 1.82 bits per heavy atom. The molecule has 2 aromatic rings. The summed E-state index contributed by atoms with van der Waals surface area (Å²) in [5, 5.41) is 2.63. The van der Waals surface area contributed by atoms with Crippen molar-refractivity contribution in [1.29, 1.82) is 0 Å². The van der Waals surface area contributed by atoms with Gasteiger partial charge in [-0.15, -0.1) is 11.3 Å². The molecule has 0 bridgehead atoms. The number of hydrogen-bond donors (Lipinski definition) is 0. The molecule has 2 amide bonds. The quantitative estimate of drug-likeness (QED) is 0.741. The lowest BCUT2D eigenvalue weighted by molar-refractivity contribution is 0.0642. The van der Waals surface area contributed by atoms with Crippen molar-refractivity contribution in [3.8, 4) is 0 Å². The van der Waals surface area contributed by atoms with Crippen LogP contribution < -0.4 is 4.90 Å². The van der Waals surface area contributed by atoms with E-state index in [0.29, 0.717) is 11.1 Å². The maximum atomic E-state index is 13.1. The van der Waals surface area contributed by atoms with E-state index in [1.54, 1.807) is 12.3 Å². The molecule has 0 unspecified atom stereocenters. The topological polar surface area (TPSA) is 56.8 Å². The van der Waals surface area contributed by atoms with Gasteiger partial charge in [-0.1, -0.05) is 26.8 Å². The fraction of sp³-hybridized carbons (Fsp3) is 0.476. The van der Waals surface area contributed by atoms with Crippen LogP contribution in [0.5, 0.6) is 0 Å². The van der Waals surface area contributed by atoms with Gasteiger partial charge in [0.05, 0.1) is 23.4 Å². The molecule has 28 heavy (non-hydrogen) atoms. The van der Waals surface area contributed by atoms with Crippen molar-refractivity contribution in [2.75, 3.05) is 37.6 Å². The van der Waals surface area contributed by atoms with E-state index in [4.69, 9.17) is 0 Å². The van der Waals surface area contributed by atoms with Crippen LogP contribution in [0.15, 0.2) is 29.8 Å². The van der Waals surface area contributed by atoms with Gasteiger partial charge in [0, 0.05) is 44.3 Å². The highest BCUT2D eigenvalue weighted by atomic mass is 32.1. The van der Waals surface area contributed by atoms with Gasteiger partial charge in [0.15, 0.2) is 0 Å². The molecule has 6 nitrogen and oxygen atoms in total. The first kappa shape index (κ1) is 19.1. The first-order chi connectivity index (χ1) is 13.3. The molecule has 0 spiro atoms. The molecule has 0 radical (unpaired) electrons. The molecule has 1 saturated heterocycles. The van der Waals surface area contributed by atoms with E-state index in [9.17, 15) is 9.59 Å². The van der Waals surface area contributed by atoms with E-state index in [1.165, 1.54) is 16.2 Å². The van der Waals surface area contributed by atoms with E-state index in [-0.39, 0.29) is 23.8 Å². The molecule has 7 heteroatoms. The molecule has 0 N–H and O–H groups in total. The van der Waals surface area contributed by atoms with Gasteiger partial charge in [-0.25, -0.2) is 4.98 Å². The Bertz CT molecular complexity index is 880. The summed E-state index contributed by atoms with van der Waals surface area (Å²) in [4.78, 5) is 36.2. The van der Waals surface area contributed by atoms with Crippen LogP contribution in [0.4, 0.5) is 5.69 Å². The van der Waals surface area contributed by atoms with E-state index in [1.807, 2.05) is 17.5 Å². The maximum Gasteiger partial charge on any atom is 0.264 e. The summed E-state index contributed by atoms with van der Waals surface area (Å²) in [5.74, 6) is -0.425. The summed E-state index contributed by atoms with van der Waals surface area (Å²) in [7, 11) is 0. The van der Waals surface area contributed by atoms with E-state index in [2.05, 4.69) is 35.6 Å². The Hall–Kier alpha value is -2.25. The molecular formula is C21H26N4O2S. The second kappa shape index (κ2) is 7.29. The molecule has 1 aromatic carbocycles. The van der Waals surface area contributed by atoms with Gasteiger partial charge in [0.2, 0.25) is 0 Å². The van der Waals surface area contributed by atoms with Gasteiger partial charge < -0.3 is 4.90 Å². The summed E-state index contributed by atoms with van der Waals surface area (Å²) in [6.07, 6.45) is 1.70. The number of hydrogen-bond acceptors (Lipinski definition) is 6. The third kappa shape index (κ3) is 3.69. The molecular weight excluding hydrogens is 372 g/mol. The monoisotopic (exact) mass is 398 g/mol. The molecule has 1 fully saturated rings. The zero-order chi connectivity index (χ0) is 19.9. The number of anilines is 1. The Balaban J connectivity index is 1.53. The van der Waals surface area contributed by atoms with Crippen molar-refractivity contribution in [3.05, 3.63) is 45.9 Å². The van der Waals surface area contributed by atoms with Crippen LogP contribution in [-0.4, -0.2) is 59.3 Å². The van der Waals surface area contributed by atoms with E-state index in [0.717, 1.165) is 43.4 Å². The summed E-state index contributed by atoms with van der Waals surface area (Å²) in [6, 6.07) is 5.61. The van der Waals surface area contributed by atoms with Crippen LogP contribution in [-0.2, 0) is 6.54 Å². The molecule has 4 rings (SSSR count). The normalized spacial score (nSPS) is 18.1. The molecule has 2 aliphatic heterocycles. The van der Waals surface area contributed by atoms with Gasteiger partial charge >= 0.3 is 0 Å². The first-order valence-corrected chi connectivity index (χ1v) is 10.6. The molecule has 2 aliphatic rings. The third-order valence-electron chi connectivity index (χ3n) is 5.16. The minimum absolute atomic E-state index is 0.206. The number of amides is 2. The molecule has 0 saturated carbocycles. The number of rotatable bonds is 4. The number of carbonyl (C=O) groups excluding carboxylic acids is 2. The van der Waals surface area contributed by atoms with Crippen LogP contribution in [0.3, 0.4) is 0 Å². The lowest BCUT2D eigenvalue weighted by Crippen LogP contribution is -2.49. The minimum Gasteiger partial charge on any atom is -0.368 e. The molecule has 148 valence electrons. The van der Waals surface area contributed by atoms with Crippen LogP contribution in [0.2, 0.25) is 0 Å². The Morgan fingerprint density at radius 1 is 1.07 bits per heavy atom. The van der Waals surface area contributed by atoms with Gasteiger partial charge in [0.1, 0.15) is 5.01 Å². The van der Waals surface area contributed by atoms with Crippen molar-refractivity contribution in [1.82, 2.24) is 14.8 Å². The van der Waals surface area contributed by atoms with Crippen LogP contribution in [0, 0.1) is 5.41 Å². The summed E-state index contributed by atoms with van der Waals surface area (Å²) < 4.78 is 0. The average molecular weight is 399 g/mol. The van der Waals surface area contributed by atoms with Crippen LogP contribution >= 0.6 is 11.3 Å². The number of piperazine rings is 1. The second-order valence-electron chi connectivity index (χ2n) is 8.65. The van der Waals surface area contributed by atoms with Gasteiger partial charge in [-0.3, -0.25) is 19.4 Å². The zero-order valence-corrected chi connectivity index (χ0v) is 17.5. The van der Waals surface area contributed by atoms with Crippen LogP contribution in [0.1, 0.15) is 46.5 Å². The first-order valence-electron chi connectivity index (χ1n) is 9.68. The van der Waals surface area contributed by atoms with E-state index < -0.39 is 0 Å². The number of nitrogens with zero attached hydrogens (tertiary/aromatic N) is 4.